The molecular weight excluding hydrogens is 451 g/mol. The number of carbonyl (C=O) groups is 3. The molecule has 35 heavy (non-hydrogen) atoms. The minimum Gasteiger partial charge on any atom is -0.497 e. The van der Waals surface area contributed by atoms with Crippen molar-refractivity contribution < 1.29 is 23.5 Å². The van der Waals surface area contributed by atoms with Crippen LogP contribution < -0.4 is 15.0 Å². The Morgan fingerprint density at radius 2 is 1.86 bits per heavy atom. The van der Waals surface area contributed by atoms with Crippen molar-refractivity contribution >= 4 is 23.4 Å². The molecule has 3 aliphatic rings. The first-order valence-corrected chi connectivity index (χ1v) is 11.9. The number of benzene rings is 2. The molecule has 1 unspecified atom stereocenters. The van der Waals surface area contributed by atoms with Crippen molar-refractivity contribution in [3.8, 4) is 5.75 Å². The molecule has 184 valence electrons. The number of hydrogen-bond donors (Lipinski definition) is 1. The zero-order valence-electron chi connectivity index (χ0n) is 20.0. The summed E-state index contributed by atoms with van der Waals surface area (Å²) >= 11 is 0. The maximum absolute atomic E-state index is 15.1. The standard InChI is InChI=1S/C26H29FN4O4/c1-16-11-19(35-2)4-3-17(16)14-29-7-9-30(10-8-29)23-12-18-15-31(26(34)20(18)13-21(23)27)22-5-6-24(32)28-25(22)33/h3-4,11-13,22H,5-10,14-15H2,1-2H3,(H,28,32,33). The third-order valence-electron chi connectivity index (χ3n) is 7.25. The summed E-state index contributed by atoms with van der Waals surface area (Å²) in [5, 5.41) is 2.29. The predicted octanol–water partition coefficient (Wildman–Crippen LogP) is 2.23. The van der Waals surface area contributed by atoms with E-state index in [2.05, 4.69) is 23.2 Å². The maximum atomic E-state index is 15.1. The minimum absolute atomic E-state index is 0.191. The molecule has 2 aromatic carbocycles. The first kappa shape index (κ1) is 23.3. The number of rotatable bonds is 5. The van der Waals surface area contributed by atoms with Crippen LogP contribution in [0.3, 0.4) is 0 Å². The highest BCUT2D eigenvalue weighted by Crippen LogP contribution is 2.33. The van der Waals surface area contributed by atoms with Crippen molar-refractivity contribution in [2.75, 3.05) is 38.2 Å². The average molecular weight is 481 g/mol. The Kier molecular flexibility index (Phi) is 6.19. The lowest BCUT2D eigenvalue weighted by Gasteiger charge is -2.36. The lowest BCUT2D eigenvalue weighted by atomic mass is 10.0. The van der Waals surface area contributed by atoms with Gasteiger partial charge in [0.15, 0.2) is 0 Å². The molecule has 2 saturated heterocycles. The molecule has 1 N–H and O–H groups in total. The second kappa shape index (κ2) is 9.30. The minimum atomic E-state index is -0.705. The van der Waals surface area contributed by atoms with E-state index in [4.69, 9.17) is 4.74 Å². The number of carbonyl (C=O) groups excluding carboxylic acids is 3. The Bertz CT molecular complexity index is 1190. The van der Waals surface area contributed by atoms with Crippen LogP contribution in [0.2, 0.25) is 0 Å². The topological polar surface area (TPSA) is 82.2 Å². The number of piperidine rings is 1. The van der Waals surface area contributed by atoms with E-state index in [1.54, 1.807) is 13.2 Å². The van der Waals surface area contributed by atoms with Crippen LogP contribution in [0.5, 0.6) is 5.75 Å². The van der Waals surface area contributed by atoms with Gasteiger partial charge in [0.05, 0.1) is 12.8 Å². The van der Waals surface area contributed by atoms with Gasteiger partial charge >= 0.3 is 0 Å². The molecule has 0 radical (unpaired) electrons. The molecule has 0 aliphatic carbocycles. The first-order chi connectivity index (χ1) is 16.8. The number of hydrogen-bond acceptors (Lipinski definition) is 6. The Balaban J connectivity index is 1.25. The number of anilines is 1. The Morgan fingerprint density at radius 1 is 1.09 bits per heavy atom. The predicted molar refractivity (Wildman–Crippen MR) is 128 cm³/mol. The van der Waals surface area contributed by atoms with Crippen molar-refractivity contribution in [1.29, 1.82) is 0 Å². The Morgan fingerprint density at radius 3 is 2.54 bits per heavy atom. The van der Waals surface area contributed by atoms with Crippen LogP contribution in [0.1, 0.15) is 39.9 Å². The van der Waals surface area contributed by atoms with E-state index in [-0.39, 0.29) is 31.2 Å². The number of amides is 3. The van der Waals surface area contributed by atoms with E-state index < -0.39 is 17.8 Å². The van der Waals surface area contributed by atoms with Gasteiger partial charge in [0.1, 0.15) is 17.6 Å². The smallest absolute Gasteiger partial charge is 0.255 e. The second-order valence-electron chi connectivity index (χ2n) is 9.42. The van der Waals surface area contributed by atoms with Crippen molar-refractivity contribution in [3.63, 3.8) is 0 Å². The van der Waals surface area contributed by atoms with Gasteiger partial charge in [-0.15, -0.1) is 0 Å². The monoisotopic (exact) mass is 480 g/mol. The molecule has 3 heterocycles. The van der Waals surface area contributed by atoms with E-state index in [0.29, 0.717) is 29.9 Å². The van der Waals surface area contributed by atoms with Crippen LogP contribution >= 0.6 is 0 Å². The van der Waals surface area contributed by atoms with Gasteiger partial charge in [-0.05, 0) is 54.3 Å². The second-order valence-corrected chi connectivity index (χ2v) is 9.42. The molecule has 3 aliphatic heterocycles. The van der Waals surface area contributed by atoms with Gasteiger partial charge < -0.3 is 14.5 Å². The summed E-state index contributed by atoms with van der Waals surface area (Å²) in [5.74, 6) is -0.740. The largest absolute Gasteiger partial charge is 0.497 e. The zero-order valence-corrected chi connectivity index (χ0v) is 20.0. The van der Waals surface area contributed by atoms with Gasteiger partial charge in [0.25, 0.3) is 5.91 Å². The number of nitrogens with zero attached hydrogens (tertiary/aromatic N) is 3. The SMILES string of the molecule is COc1ccc(CN2CCN(c3cc4c(cc3F)C(=O)N(C3CCC(=O)NC3=O)C4)CC2)c(C)c1. The van der Waals surface area contributed by atoms with E-state index in [1.807, 2.05) is 17.0 Å². The van der Waals surface area contributed by atoms with Gasteiger partial charge in [-0.25, -0.2) is 4.39 Å². The summed E-state index contributed by atoms with van der Waals surface area (Å²) in [6.07, 6.45) is 0.478. The van der Waals surface area contributed by atoms with E-state index in [0.717, 1.165) is 25.4 Å². The molecule has 5 rings (SSSR count). The molecule has 2 aromatic rings. The van der Waals surface area contributed by atoms with E-state index in [1.165, 1.54) is 22.1 Å². The van der Waals surface area contributed by atoms with Crippen molar-refractivity contribution in [1.82, 2.24) is 15.1 Å². The molecular formula is C26H29FN4O4. The fourth-order valence-electron chi connectivity index (χ4n) is 5.18. The number of piperazine rings is 1. The summed E-state index contributed by atoms with van der Waals surface area (Å²) in [5.41, 5.74) is 3.93. The highest BCUT2D eigenvalue weighted by atomic mass is 19.1. The Hall–Kier alpha value is -3.46. The zero-order chi connectivity index (χ0) is 24.7. The lowest BCUT2D eigenvalue weighted by molar-refractivity contribution is -0.136. The van der Waals surface area contributed by atoms with Crippen LogP contribution in [0.4, 0.5) is 10.1 Å². The van der Waals surface area contributed by atoms with Gasteiger partial charge in [-0.1, -0.05) is 6.07 Å². The van der Waals surface area contributed by atoms with Crippen LogP contribution in [-0.2, 0) is 22.7 Å². The quantitative estimate of drug-likeness (QED) is 0.661. The highest BCUT2D eigenvalue weighted by molar-refractivity contribution is 6.05. The summed E-state index contributed by atoms with van der Waals surface area (Å²) in [6.45, 7) is 6.08. The highest BCUT2D eigenvalue weighted by Gasteiger charge is 2.40. The number of aryl methyl sites for hydroxylation is 1. The molecule has 0 aromatic heterocycles. The number of fused-ring (bicyclic) bond motifs is 1. The summed E-state index contributed by atoms with van der Waals surface area (Å²) < 4.78 is 20.4. The van der Waals surface area contributed by atoms with Gasteiger partial charge in [-0.3, -0.25) is 24.6 Å². The number of halogens is 1. The summed E-state index contributed by atoms with van der Waals surface area (Å²) in [7, 11) is 1.66. The number of imide groups is 1. The van der Waals surface area contributed by atoms with E-state index in [9.17, 15) is 14.4 Å². The first-order valence-electron chi connectivity index (χ1n) is 11.9. The molecule has 2 fully saturated rings. The van der Waals surface area contributed by atoms with Crippen LogP contribution in [0.15, 0.2) is 30.3 Å². The lowest BCUT2D eigenvalue weighted by Crippen LogP contribution is -2.52. The fourth-order valence-corrected chi connectivity index (χ4v) is 5.18. The molecule has 0 bridgehead atoms. The number of nitrogens with one attached hydrogen (secondary N) is 1. The third kappa shape index (κ3) is 4.48. The summed E-state index contributed by atoms with van der Waals surface area (Å²) in [6, 6.07) is 8.43. The molecule has 8 nitrogen and oxygen atoms in total. The average Bonchev–Trinajstić information content (AvgIpc) is 3.15. The molecule has 3 amide bonds. The van der Waals surface area contributed by atoms with Crippen LogP contribution in [0.25, 0.3) is 0 Å². The van der Waals surface area contributed by atoms with Gasteiger partial charge in [0, 0.05) is 51.3 Å². The van der Waals surface area contributed by atoms with Gasteiger partial charge in [0.2, 0.25) is 11.8 Å². The fraction of sp³-hybridized carbons (Fsp3) is 0.423. The van der Waals surface area contributed by atoms with Crippen molar-refractivity contribution in [2.24, 2.45) is 0 Å². The maximum Gasteiger partial charge on any atom is 0.255 e. The van der Waals surface area contributed by atoms with Gasteiger partial charge in [-0.2, -0.15) is 0 Å². The van der Waals surface area contributed by atoms with E-state index >= 15 is 4.39 Å². The van der Waals surface area contributed by atoms with Crippen LogP contribution in [-0.4, -0.2) is 66.9 Å². The third-order valence-corrected chi connectivity index (χ3v) is 7.25. The van der Waals surface area contributed by atoms with Crippen molar-refractivity contribution in [3.05, 3.63) is 58.4 Å². The van der Waals surface area contributed by atoms with Crippen molar-refractivity contribution in [2.45, 2.75) is 38.9 Å². The molecule has 0 saturated carbocycles. The molecule has 9 heteroatoms. The molecule has 1 atom stereocenters. The van der Waals surface area contributed by atoms with Crippen LogP contribution in [0, 0.1) is 12.7 Å². The number of methoxy groups -OCH3 is 1. The normalized spacial score (nSPS) is 20.8. The summed E-state index contributed by atoms with van der Waals surface area (Å²) in [4.78, 5) is 42.5. The number of ether oxygens (including phenoxy) is 1. The molecule has 0 spiro atoms. The Labute approximate surface area is 203 Å².